The molecule has 126 valence electrons. The molecule has 1 fully saturated rings. The van der Waals surface area contributed by atoms with Gasteiger partial charge in [-0.2, -0.15) is 0 Å². The zero-order valence-electron chi connectivity index (χ0n) is 14.9. The van der Waals surface area contributed by atoms with Gasteiger partial charge in [-0.3, -0.25) is 4.79 Å². The van der Waals surface area contributed by atoms with Crippen LogP contribution in [0, 0.1) is 0 Å². The Labute approximate surface area is 136 Å². The fourth-order valence-electron chi connectivity index (χ4n) is 2.92. The molecule has 2 rings (SSSR count). The number of hydrogen-bond acceptors (Lipinski definition) is 3. The molecule has 3 nitrogen and oxygen atoms in total. The smallest absolute Gasteiger partial charge is 0.192 e. The predicted octanol–water partition coefficient (Wildman–Crippen LogP) is 4.63. The highest BCUT2D eigenvalue weighted by atomic mass is 28.4. The fraction of sp³-hybridized carbons (Fsp3) is 0.833. The minimum Gasteiger partial charge on any atom is -0.411 e. The second kappa shape index (κ2) is 6.98. The van der Waals surface area contributed by atoms with Crippen LogP contribution < -0.4 is 0 Å². The molecule has 0 radical (unpaired) electrons. The zero-order valence-corrected chi connectivity index (χ0v) is 15.9. The Kier molecular flexibility index (Phi) is 5.67. The Morgan fingerprint density at radius 2 is 2.00 bits per heavy atom. The fourth-order valence-corrected chi connectivity index (χ4v) is 4.27. The van der Waals surface area contributed by atoms with E-state index in [0.29, 0.717) is 6.61 Å². The largest absolute Gasteiger partial charge is 0.411 e. The highest BCUT2D eigenvalue weighted by Crippen LogP contribution is 2.39. The summed E-state index contributed by atoms with van der Waals surface area (Å²) in [6, 6.07) is 0. The Bertz CT molecular complexity index is 434. The Hall–Kier alpha value is -0.453. The van der Waals surface area contributed by atoms with Gasteiger partial charge in [0.2, 0.25) is 0 Å². The van der Waals surface area contributed by atoms with Crippen LogP contribution in [0.25, 0.3) is 0 Å². The number of hydrogen-bond donors (Lipinski definition) is 0. The van der Waals surface area contributed by atoms with Crippen molar-refractivity contribution in [3.05, 3.63) is 11.6 Å². The lowest BCUT2D eigenvalue weighted by Crippen LogP contribution is -2.51. The molecule has 1 heterocycles. The van der Waals surface area contributed by atoms with Gasteiger partial charge in [0.15, 0.2) is 14.1 Å². The third-order valence-corrected chi connectivity index (χ3v) is 9.89. The summed E-state index contributed by atoms with van der Waals surface area (Å²) in [6.07, 6.45) is 7.86. The molecule has 22 heavy (non-hydrogen) atoms. The average molecular weight is 325 g/mol. The van der Waals surface area contributed by atoms with Crippen LogP contribution in [0.4, 0.5) is 0 Å². The number of carbonyl (C=O) groups is 1. The minimum atomic E-state index is -1.88. The zero-order chi connectivity index (χ0) is 16.4. The molecule has 0 aromatic rings. The predicted molar refractivity (Wildman–Crippen MR) is 92.6 cm³/mol. The molecule has 0 bridgehead atoms. The number of carbonyl (C=O) groups excluding carboxylic acids is 1. The van der Waals surface area contributed by atoms with Crippen molar-refractivity contribution in [3.8, 4) is 0 Å². The lowest BCUT2D eigenvalue weighted by Gasteiger charge is -2.42. The Balaban J connectivity index is 2.11. The van der Waals surface area contributed by atoms with Crippen molar-refractivity contribution in [1.82, 2.24) is 0 Å². The first-order valence-corrected chi connectivity index (χ1v) is 11.7. The van der Waals surface area contributed by atoms with Crippen LogP contribution in [0.5, 0.6) is 0 Å². The van der Waals surface area contributed by atoms with Gasteiger partial charge in [-0.05, 0) is 62.2 Å². The monoisotopic (exact) mass is 324 g/mol. The molecular formula is C18H32O3Si. The van der Waals surface area contributed by atoms with Gasteiger partial charge in [-0.25, -0.2) is 0 Å². The van der Waals surface area contributed by atoms with E-state index in [4.69, 9.17) is 9.16 Å². The van der Waals surface area contributed by atoms with Crippen molar-refractivity contribution in [2.24, 2.45) is 0 Å². The van der Waals surface area contributed by atoms with E-state index in [1.807, 2.05) is 0 Å². The lowest BCUT2D eigenvalue weighted by atomic mass is 9.90. The highest BCUT2D eigenvalue weighted by molar-refractivity contribution is 6.74. The van der Waals surface area contributed by atoms with E-state index in [2.05, 4.69) is 39.9 Å². The molecule has 1 saturated heterocycles. The van der Waals surface area contributed by atoms with Gasteiger partial charge < -0.3 is 9.16 Å². The van der Waals surface area contributed by atoms with Gasteiger partial charge >= 0.3 is 0 Å². The van der Waals surface area contributed by atoms with Crippen LogP contribution in [0.3, 0.4) is 0 Å². The summed E-state index contributed by atoms with van der Waals surface area (Å²) in [6.45, 7) is 11.9. The van der Waals surface area contributed by atoms with Gasteiger partial charge in [-0.1, -0.05) is 26.8 Å². The molecule has 0 aromatic carbocycles. The SMILES string of the molecule is CC(C)(C)[Si](C)(C)O[C@H]1CCCO[C@@H]1C(=O)C1=CCCCC1. The second-order valence-electron chi connectivity index (χ2n) is 8.19. The molecule has 1 aliphatic heterocycles. The molecule has 0 saturated carbocycles. The third kappa shape index (κ3) is 4.09. The molecule has 0 unspecified atom stereocenters. The van der Waals surface area contributed by atoms with Crippen LogP contribution >= 0.6 is 0 Å². The van der Waals surface area contributed by atoms with E-state index in [1.54, 1.807) is 0 Å². The highest BCUT2D eigenvalue weighted by Gasteiger charge is 2.43. The number of ketones is 1. The van der Waals surface area contributed by atoms with Crippen LogP contribution in [-0.2, 0) is 14.0 Å². The number of allylic oxidation sites excluding steroid dienone is 1. The molecule has 0 spiro atoms. The topological polar surface area (TPSA) is 35.5 Å². The molecule has 4 heteroatoms. The summed E-state index contributed by atoms with van der Waals surface area (Å²) in [7, 11) is -1.88. The van der Waals surface area contributed by atoms with E-state index in [9.17, 15) is 4.79 Å². The van der Waals surface area contributed by atoms with Crippen LogP contribution in [0.2, 0.25) is 18.1 Å². The Morgan fingerprint density at radius 1 is 1.27 bits per heavy atom. The first-order chi connectivity index (χ1) is 10.2. The summed E-state index contributed by atoms with van der Waals surface area (Å²) in [5.41, 5.74) is 0.974. The minimum absolute atomic E-state index is 0.0648. The van der Waals surface area contributed by atoms with E-state index < -0.39 is 8.32 Å². The van der Waals surface area contributed by atoms with Gasteiger partial charge in [0.05, 0.1) is 6.10 Å². The molecular weight excluding hydrogens is 292 g/mol. The molecule has 2 atom stereocenters. The summed E-state index contributed by atoms with van der Waals surface area (Å²) >= 11 is 0. The maximum atomic E-state index is 12.8. The Morgan fingerprint density at radius 3 is 2.59 bits per heavy atom. The molecule has 0 N–H and O–H groups in total. The van der Waals surface area contributed by atoms with Gasteiger partial charge in [-0.15, -0.1) is 0 Å². The van der Waals surface area contributed by atoms with E-state index in [1.165, 1.54) is 6.42 Å². The molecule has 0 amide bonds. The number of Topliss-reactive ketones (excluding diaryl/α,β-unsaturated/α-hetero) is 1. The maximum Gasteiger partial charge on any atom is 0.192 e. The normalized spacial score (nSPS) is 27.4. The van der Waals surface area contributed by atoms with Crippen molar-refractivity contribution < 1.29 is 14.0 Å². The van der Waals surface area contributed by atoms with Crippen molar-refractivity contribution in [1.29, 1.82) is 0 Å². The maximum absolute atomic E-state index is 12.8. The van der Waals surface area contributed by atoms with Crippen molar-refractivity contribution in [2.75, 3.05) is 6.61 Å². The lowest BCUT2D eigenvalue weighted by molar-refractivity contribution is -0.139. The van der Waals surface area contributed by atoms with Crippen LogP contribution in [0.1, 0.15) is 59.3 Å². The summed E-state index contributed by atoms with van der Waals surface area (Å²) in [5.74, 6) is 0.183. The van der Waals surface area contributed by atoms with Crippen molar-refractivity contribution >= 4 is 14.1 Å². The number of rotatable bonds is 4. The summed E-state index contributed by atoms with van der Waals surface area (Å²) in [4.78, 5) is 12.8. The summed E-state index contributed by atoms with van der Waals surface area (Å²) < 4.78 is 12.4. The third-order valence-electron chi connectivity index (χ3n) is 5.39. The van der Waals surface area contributed by atoms with Crippen LogP contribution in [0.15, 0.2) is 11.6 Å². The van der Waals surface area contributed by atoms with Gasteiger partial charge in [0.25, 0.3) is 0 Å². The van der Waals surface area contributed by atoms with E-state index in [-0.39, 0.29) is 23.0 Å². The van der Waals surface area contributed by atoms with Crippen molar-refractivity contribution in [2.45, 2.75) is 89.6 Å². The van der Waals surface area contributed by atoms with Crippen LogP contribution in [-0.4, -0.2) is 32.9 Å². The number of ether oxygens (including phenoxy) is 1. The quantitative estimate of drug-likeness (QED) is 0.708. The standard InChI is InChI=1S/C18H32O3Si/c1-18(2,3)22(4,5)21-15-12-9-13-20-17(15)16(19)14-10-7-6-8-11-14/h10,15,17H,6-9,11-13H2,1-5H3/t15-,17-/m0/s1. The average Bonchev–Trinajstić information content (AvgIpc) is 2.46. The first kappa shape index (κ1) is 17.9. The first-order valence-electron chi connectivity index (χ1n) is 8.75. The van der Waals surface area contributed by atoms with Gasteiger partial charge in [0.1, 0.15) is 6.10 Å². The van der Waals surface area contributed by atoms with E-state index in [0.717, 1.165) is 37.7 Å². The molecule has 2 aliphatic rings. The molecule has 0 aromatic heterocycles. The van der Waals surface area contributed by atoms with Crippen molar-refractivity contribution in [3.63, 3.8) is 0 Å². The second-order valence-corrected chi connectivity index (χ2v) is 12.9. The summed E-state index contributed by atoms with van der Waals surface area (Å²) in [5, 5.41) is 0.155. The van der Waals surface area contributed by atoms with Gasteiger partial charge in [0, 0.05) is 6.61 Å². The molecule has 1 aliphatic carbocycles. The van der Waals surface area contributed by atoms with E-state index >= 15 is 0 Å².